The van der Waals surface area contributed by atoms with E-state index in [0.717, 1.165) is 44.8 Å². The molecule has 5 nitrogen and oxygen atoms in total. The second-order valence-electron chi connectivity index (χ2n) is 8.79. The Morgan fingerprint density at radius 3 is 2.46 bits per heavy atom. The second-order valence-corrected chi connectivity index (χ2v) is 9.61. The molecule has 2 aromatic carbocycles. The lowest BCUT2D eigenvalue weighted by Crippen LogP contribution is -2.29. The van der Waals surface area contributed by atoms with Crippen LogP contribution in [0.1, 0.15) is 40.3 Å². The number of hydrogen-bond donors (Lipinski definition) is 1. The van der Waals surface area contributed by atoms with E-state index in [2.05, 4.69) is 52.7 Å². The molecular formula is C28H27ClN4OS. The van der Waals surface area contributed by atoms with Gasteiger partial charge in [-0.05, 0) is 98.7 Å². The molecule has 1 aliphatic rings. The van der Waals surface area contributed by atoms with Crippen molar-refractivity contribution in [3.63, 3.8) is 0 Å². The summed E-state index contributed by atoms with van der Waals surface area (Å²) in [6, 6.07) is 22.1. The fourth-order valence-electron chi connectivity index (χ4n) is 4.97. The van der Waals surface area contributed by atoms with Crippen LogP contribution in [0.15, 0.2) is 72.9 Å². The molecule has 178 valence electrons. The van der Waals surface area contributed by atoms with Crippen molar-refractivity contribution in [2.45, 2.75) is 32.9 Å². The van der Waals surface area contributed by atoms with E-state index in [0.29, 0.717) is 5.11 Å². The van der Waals surface area contributed by atoms with Gasteiger partial charge in [0.15, 0.2) is 5.11 Å². The van der Waals surface area contributed by atoms with E-state index in [1.165, 1.54) is 5.56 Å². The van der Waals surface area contributed by atoms with E-state index < -0.39 is 0 Å². The highest BCUT2D eigenvalue weighted by atomic mass is 35.5. The molecule has 2 atom stereocenters. The van der Waals surface area contributed by atoms with Gasteiger partial charge in [0, 0.05) is 34.0 Å². The molecule has 35 heavy (non-hydrogen) atoms. The van der Waals surface area contributed by atoms with Crippen molar-refractivity contribution in [3.8, 4) is 11.4 Å². The molecule has 4 aromatic rings. The molecule has 3 heterocycles. The number of nitrogens with one attached hydrogen (secondary N) is 1. The van der Waals surface area contributed by atoms with Crippen LogP contribution < -0.4 is 15.0 Å². The molecule has 1 fully saturated rings. The minimum Gasteiger partial charge on any atom is -0.497 e. The van der Waals surface area contributed by atoms with Crippen LogP contribution in [-0.2, 0) is 0 Å². The molecular weight excluding hydrogens is 476 g/mol. The zero-order valence-corrected chi connectivity index (χ0v) is 21.7. The maximum atomic E-state index is 6.39. The van der Waals surface area contributed by atoms with Gasteiger partial charge in [0.1, 0.15) is 5.75 Å². The summed E-state index contributed by atoms with van der Waals surface area (Å²) < 4.78 is 7.65. The van der Waals surface area contributed by atoms with Gasteiger partial charge in [-0.15, -0.1) is 0 Å². The minimum absolute atomic E-state index is 0.0924. The number of methoxy groups -OCH3 is 1. The third kappa shape index (κ3) is 4.17. The molecule has 0 unspecified atom stereocenters. The number of ether oxygens (including phenoxy) is 1. The Labute approximate surface area is 216 Å². The maximum absolute atomic E-state index is 6.39. The lowest BCUT2D eigenvalue weighted by molar-refractivity contribution is 0.415. The molecule has 0 aliphatic carbocycles. The van der Waals surface area contributed by atoms with Crippen LogP contribution in [0.5, 0.6) is 5.75 Å². The highest BCUT2D eigenvalue weighted by Gasteiger charge is 2.42. The van der Waals surface area contributed by atoms with Crippen LogP contribution in [-0.4, -0.2) is 21.8 Å². The van der Waals surface area contributed by atoms with E-state index in [9.17, 15) is 0 Å². The summed E-state index contributed by atoms with van der Waals surface area (Å²) in [6.45, 7) is 6.40. The first-order chi connectivity index (χ1) is 16.9. The quantitative estimate of drug-likeness (QED) is 0.310. The van der Waals surface area contributed by atoms with E-state index in [1.54, 1.807) is 7.11 Å². The number of halogens is 1. The predicted octanol–water partition coefficient (Wildman–Crippen LogP) is 6.64. The summed E-state index contributed by atoms with van der Waals surface area (Å²) in [5, 5.41) is 4.93. The van der Waals surface area contributed by atoms with Crippen molar-refractivity contribution in [2.24, 2.45) is 0 Å². The molecule has 0 radical (unpaired) electrons. The lowest BCUT2D eigenvalue weighted by atomic mass is 9.96. The number of aryl methyl sites for hydroxylation is 2. The van der Waals surface area contributed by atoms with Gasteiger partial charge in [-0.25, -0.2) is 0 Å². The van der Waals surface area contributed by atoms with Crippen molar-refractivity contribution in [3.05, 3.63) is 106 Å². The molecule has 2 aromatic heterocycles. The van der Waals surface area contributed by atoms with Gasteiger partial charge in [0.2, 0.25) is 0 Å². The van der Waals surface area contributed by atoms with Crippen LogP contribution in [0.2, 0.25) is 5.02 Å². The summed E-state index contributed by atoms with van der Waals surface area (Å²) in [5.74, 6) is 0.805. The first-order valence-electron chi connectivity index (χ1n) is 11.5. The highest BCUT2D eigenvalue weighted by molar-refractivity contribution is 7.80. The second kappa shape index (κ2) is 9.36. The zero-order chi connectivity index (χ0) is 24.7. The van der Waals surface area contributed by atoms with Crippen LogP contribution in [0.3, 0.4) is 0 Å². The molecule has 1 aliphatic heterocycles. The van der Waals surface area contributed by atoms with Gasteiger partial charge in [-0.1, -0.05) is 23.7 Å². The Kier molecular flexibility index (Phi) is 6.26. The normalized spacial score (nSPS) is 17.5. The van der Waals surface area contributed by atoms with Gasteiger partial charge in [0.05, 0.1) is 24.9 Å². The highest BCUT2D eigenvalue weighted by Crippen LogP contribution is 2.44. The number of aromatic nitrogens is 2. The van der Waals surface area contributed by atoms with Gasteiger partial charge >= 0.3 is 0 Å². The first kappa shape index (κ1) is 23.4. The van der Waals surface area contributed by atoms with Gasteiger partial charge in [-0.2, -0.15) is 0 Å². The van der Waals surface area contributed by atoms with Crippen molar-refractivity contribution < 1.29 is 4.74 Å². The van der Waals surface area contributed by atoms with E-state index in [-0.39, 0.29) is 12.1 Å². The van der Waals surface area contributed by atoms with Crippen LogP contribution in [0.4, 0.5) is 5.69 Å². The Bertz CT molecular complexity index is 1380. The van der Waals surface area contributed by atoms with E-state index in [1.807, 2.05) is 60.8 Å². The Hall–Kier alpha value is -3.35. The average Bonchev–Trinajstić information content (AvgIpc) is 3.36. The molecule has 0 spiro atoms. The zero-order valence-electron chi connectivity index (χ0n) is 20.1. The number of hydrogen-bond acceptors (Lipinski definition) is 3. The molecule has 0 saturated carbocycles. The largest absolute Gasteiger partial charge is 0.497 e. The fraction of sp³-hybridized carbons (Fsp3) is 0.214. The summed E-state index contributed by atoms with van der Waals surface area (Å²) >= 11 is 12.3. The number of thiocarbonyl (C=S) groups is 1. The number of rotatable bonds is 5. The van der Waals surface area contributed by atoms with Crippen LogP contribution >= 0.6 is 23.8 Å². The van der Waals surface area contributed by atoms with E-state index >= 15 is 0 Å². The summed E-state index contributed by atoms with van der Waals surface area (Å²) in [5.41, 5.74) is 7.64. The van der Waals surface area contributed by atoms with Gasteiger partial charge < -0.3 is 19.5 Å². The monoisotopic (exact) mass is 502 g/mol. The third-order valence-corrected chi connectivity index (χ3v) is 7.20. The van der Waals surface area contributed by atoms with Crippen molar-refractivity contribution in [1.82, 2.24) is 14.9 Å². The third-order valence-electron chi connectivity index (χ3n) is 6.65. The Morgan fingerprint density at radius 2 is 1.77 bits per heavy atom. The van der Waals surface area contributed by atoms with Gasteiger partial charge in [-0.3, -0.25) is 4.98 Å². The maximum Gasteiger partial charge on any atom is 0.174 e. The van der Waals surface area contributed by atoms with Gasteiger partial charge in [0.25, 0.3) is 0 Å². The van der Waals surface area contributed by atoms with Crippen molar-refractivity contribution >= 4 is 34.6 Å². The number of pyridine rings is 1. The number of anilines is 1. The van der Waals surface area contributed by atoms with Crippen LogP contribution in [0.25, 0.3) is 5.69 Å². The molecule has 0 bridgehead atoms. The summed E-state index contributed by atoms with van der Waals surface area (Å²) in [6.07, 6.45) is 1.83. The fourth-order valence-corrected chi connectivity index (χ4v) is 5.49. The predicted molar refractivity (Wildman–Crippen MR) is 146 cm³/mol. The van der Waals surface area contributed by atoms with E-state index in [4.69, 9.17) is 28.6 Å². The van der Waals surface area contributed by atoms with Crippen molar-refractivity contribution in [1.29, 1.82) is 0 Å². The smallest absolute Gasteiger partial charge is 0.174 e. The first-order valence-corrected chi connectivity index (χ1v) is 12.3. The summed E-state index contributed by atoms with van der Waals surface area (Å²) in [7, 11) is 1.67. The van der Waals surface area contributed by atoms with Crippen molar-refractivity contribution in [2.75, 3.05) is 12.0 Å². The molecule has 5 rings (SSSR count). The number of benzene rings is 2. The topological polar surface area (TPSA) is 42.3 Å². The SMILES string of the molecule is COc1ccc(N2C(=S)N[C@H](c3ccccn3)[C@@H]2c2cc(C)n(-c3cc(Cl)ccc3C)c2C)cc1. The molecule has 0 amide bonds. The minimum atomic E-state index is -0.111. The van der Waals surface area contributed by atoms with Crippen LogP contribution in [0, 0.1) is 20.8 Å². The molecule has 1 N–H and O–H groups in total. The number of nitrogens with zero attached hydrogens (tertiary/aromatic N) is 3. The lowest BCUT2D eigenvalue weighted by Gasteiger charge is -2.28. The Morgan fingerprint density at radius 1 is 1.00 bits per heavy atom. The Balaban J connectivity index is 1.68. The molecule has 1 saturated heterocycles. The molecule has 7 heteroatoms. The standard InChI is InChI=1S/C28H27ClN4OS/c1-17-8-9-20(29)16-25(17)32-18(2)15-23(19(32)3)27-26(24-7-5-6-14-30-24)31-28(35)33(27)21-10-12-22(34-4)13-11-21/h5-16,26-27H,1-4H3,(H,31,35)/t26-,27+/m1/s1. The summed E-state index contributed by atoms with van der Waals surface area (Å²) in [4.78, 5) is 6.86. The average molecular weight is 503 g/mol.